The van der Waals surface area contributed by atoms with Crippen molar-refractivity contribution in [1.29, 1.82) is 0 Å². The van der Waals surface area contributed by atoms with E-state index in [9.17, 15) is 9.18 Å². The molecule has 0 spiro atoms. The Morgan fingerprint density at radius 1 is 1.42 bits per heavy atom. The van der Waals surface area contributed by atoms with E-state index in [1.54, 1.807) is 19.1 Å². The number of amides is 1. The molecule has 0 unspecified atom stereocenters. The standard InChI is InChI=1S/C12H13FN4O2/c1-8-11(12(19)14-6-7-18)15-16-17(8)10-4-2-9(13)3-5-10/h2-5,18H,6-7H2,1H3,(H,14,19). The fraction of sp³-hybridized carbons (Fsp3) is 0.250. The Morgan fingerprint density at radius 2 is 2.11 bits per heavy atom. The summed E-state index contributed by atoms with van der Waals surface area (Å²) in [6.07, 6.45) is 0. The minimum Gasteiger partial charge on any atom is -0.395 e. The number of benzene rings is 1. The lowest BCUT2D eigenvalue weighted by Crippen LogP contribution is -2.27. The van der Waals surface area contributed by atoms with E-state index in [0.29, 0.717) is 11.4 Å². The van der Waals surface area contributed by atoms with Crippen molar-refractivity contribution >= 4 is 5.91 Å². The monoisotopic (exact) mass is 264 g/mol. The molecule has 0 aliphatic heterocycles. The first-order valence-corrected chi connectivity index (χ1v) is 5.71. The Bertz CT molecular complexity index is 580. The summed E-state index contributed by atoms with van der Waals surface area (Å²) in [4.78, 5) is 11.7. The molecule has 19 heavy (non-hydrogen) atoms. The number of halogens is 1. The van der Waals surface area contributed by atoms with Crippen molar-refractivity contribution in [3.8, 4) is 5.69 Å². The number of aromatic nitrogens is 3. The topological polar surface area (TPSA) is 80.0 Å². The molecular weight excluding hydrogens is 251 g/mol. The zero-order valence-electron chi connectivity index (χ0n) is 10.3. The van der Waals surface area contributed by atoms with Crippen LogP contribution in [-0.2, 0) is 0 Å². The third kappa shape index (κ3) is 2.76. The summed E-state index contributed by atoms with van der Waals surface area (Å²) >= 11 is 0. The van der Waals surface area contributed by atoms with Crippen molar-refractivity contribution < 1.29 is 14.3 Å². The molecule has 0 atom stereocenters. The molecule has 0 aliphatic carbocycles. The first-order chi connectivity index (χ1) is 9.13. The van der Waals surface area contributed by atoms with Crippen molar-refractivity contribution in [1.82, 2.24) is 20.3 Å². The minimum atomic E-state index is -0.403. The molecule has 0 radical (unpaired) electrons. The molecule has 0 aliphatic rings. The highest BCUT2D eigenvalue weighted by molar-refractivity contribution is 5.93. The van der Waals surface area contributed by atoms with Crippen LogP contribution in [0.5, 0.6) is 0 Å². The lowest BCUT2D eigenvalue weighted by molar-refractivity contribution is 0.0939. The van der Waals surface area contributed by atoms with Crippen molar-refractivity contribution in [2.24, 2.45) is 0 Å². The molecule has 0 saturated heterocycles. The van der Waals surface area contributed by atoms with Crippen LogP contribution in [0.15, 0.2) is 24.3 Å². The Balaban J connectivity index is 2.27. The van der Waals surface area contributed by atoms with Gasteiger partial charge < -0.3 is 10.4 Å². The van der Waals surface area contributed by atoms with E-state index in [1.165, 1.54) is 16.8 Å². The summed E-state index contributed by atoms with van der Waals surface area (Å²) in [7, 11) is 0. The molecule has 2 N–H and O–H groups in total. The van der Waals surface area contributed by atoms with Gasteiger partial charge in [0, 0.05) is 6.54 Å². The molecule has 0 bridgehead atoms. The molecule has 1 aromatic carbocycles. The number of carbonyl (C=O) groups is 1. The summed E-state index contributed by atoms with van der Waals surface area (Å²) < 4.78 is 14.3. The number of hydrogen-bond acceptors (Lipinski definition) is 4. The molecule has 1 amide bonds. The van der Waals surface area contributed by atoms with Crippen molar-refractivity contribution in [2.75, 3.05) is 13.2 Å². The van der Waals surface area contributed by atoms with Gasteiger partial charge in [-0.1, -0.05) is 5.21 Å². The van der Waals surface area contributed by atoms with E-state index in [-0.39, 0.29) is 24.7 Å². The Labute approximate surface area is 108 Å². The Morgan fingerprint density at radius 3 is 2.74 bits per heavy atom. The number of carbonyl (C=O) groups excluding carboxylic acids is 1. The predicted octanol–water partition coefficient (Wildman–Crippen LogP) is 0.437. The summed E-state index contributed by atoms with van der Waals surface area (Å²) in [6.45, 7) is 1.70. The summed E-state index contributed by atoms with van der Waals surface area (Å²) in [5.41, 5.74) is 1.34. The van der Waals surface area contributed by atoms with Gasteiger partial charge in [-0.2, -0.15) is 0 Å². The van der Waals surface area contributed by atoms with Crippen LogP contribution < -0.4 is 5.32 Å². The molecule has 2 rings (SSSR count). The largest absolute Gasteiger partial charge is 0.395 e. The number of hydrogen-bond donors (Lipinski definition) is 2. The average molecular weight is 264 g/mol. The lowest BCUT2D eigenvalue weighted by Gasteiger charge is -2.04. The number of rotatable bonds is 4. The molecule has 6 nitrogen and oxygen atoms in total. The second kappa shape index (κ2) is 5.57. The zero-order valence-corrected chi connectivity index (χ0v) is 10.3. The fourth-order valence-electron chi connectivity index (χ4n) is 1.62. The van der Waals surface area contributed by atoms with Gasteiger partial charge >= 0.3 is 0 Å². The van der Waals surface area contributed by atoms with Crippen LogP contribution in [0.2, 0.25) is 0 Å². The number of nitrogens with one attached hydrogen (secondary N) is 1. The molecular formula is C12H13FN4O2. The maximum absolute atomic E-state index is 12.8. The number of nitrogens with zero attached hydrogens (tertiary/aromatic N) is 3. The van der Waals surface area contributed by atoms with Crippen molar-refractivity contribution in [3.05, 3.63) is 41.5 Å². The SMILES string of the molecule is Cc1c(C(=O)NCCO)nnn1-c1ccc(F)cc1. The number of aliphatic hydroxyl groups excluding tert-OH is 1. The lowest BCUT2D eigenvalue weighted by atomic mass is 10.3. The van der Waals surface area contributed by atoms with Crippen LogP contribution in [-0.4, -0.2) is 39.2 Å². The smallest absolute Gasteiger partial charge is 0.273 e. The van der Waals surface area contributed by atoms with E-state index in [1.807, 2.05) is 0 Å². The van der Waals surface area contributed by atoms with Gasteiger partial charge in [0.25, 0.3) is 5.91 Å². The quantitative estimate of drug-likeness (QED) is 0.839. The average Bonchev–Trinajstić information content (AvgIpc) is 2.79. The minimum absolute atomic E-state index is 0.142. The third-order valence-electron chi connectivity index (χ3n) is 2.58. The molecule has 2 aromatic rings. The van der Waals surface area contributed by atoms with E-state index in [2.05, 4.69) is 15.6 Å². The fourth-order valence-corrected chi connectivity index (χ4v) is 1.62. The first kappa shape index (κ1) is 13.2. The van der Waals surface area contributed by atoms with Gasteiger partial charge in [-0.3, -0.25) is 4.79 Å². The molecule has 1 aromatic heterocycles. The van der Waals surface area contributed by atoms with Crippen molar-refractivity contribution in [2.45, 2.75) is 6.92 Å². The summed E-state index contributed by atoms with van der Waals surface area (Å²) in [5, 5.41) is 18.8. The molecule has 100 valence electrons. The van der Waals surface area contributed by atoms with E-state index < -0.39 is 5.91 Å². The van der Waals surface area contributed by atoms with Gasteiger partial charge in [-0.05, 0) is 31.2 Å². The highest BCUT2D eigenvalue weighted by Gasteiger charge is 2.16. The van der Waals surface area contributed by atoms with E-state index in [4.69, 9.17) is 5.11 Å². The number of aliphatic hydroxyl groups is 1. The van der Waals surface area contributed by atoms with E-state index >= 15 is 0 Å². The van der Waals surface area contributed by atoms with Crippen LogP contribution in [0.25, 0.3) is 5.69 Å². The summed E-state index contributed by atoms with van der Waals surface area (Å²) in [6, 6.07) is 5.71. The summed E-state index contributed by atoms with van der Waals surface area (Å²) in [5.74, 6) is -0.748. The molecule has 0 saturated carbocycles. The second-order valence-corrected chi connectivity index (χ2v) is 3.89. The first-order valence-electron chi connectivity index (χ1n) is 5.71. The third-order valence-corrected chi connectivity index (χ3v) is 2.58. The van der Waals surface area contributed by atoms with Crippen LogP contribution in [0.4, 0.5) is 4.39 Å². The molecule has 0 fully saturated rings. The Hall–Kier alpha value is -2.28. The van der Waals surface area contributed by atoms with Crippen LogP contribution in [0.3, 0.4) is 0 Å². The Kier molecular flexibility index (Phi) is 3.86. The van der Waals surface area contributed by atoms with E-state index in [0.717, 1.165) is 0 Å². The second-order valence-electron chi connectivity index (χ2n) is 3.89. The zero-order chi connectivity index (χ0) is 13.8. The van der Waals surface area contributed by atoms with Gasteiger partial charge in [0.1, 0.15) is 5.82 Å². The maximum Gasteiger partial charge on any atom is 0.273 e. The van der Waals surface area contributed by atoms with Crippen LogP contribution in [0, 0.1) is 12.7 Å². The van der Waals surface area contributed by atoms with Crippen LogP contribution in [0.1, 0.15) is 16.2 Å². The molecule has 1 heterocycles. The predicted molar refractivity (Wildman–Crippen MR) is 65.5 cm³/mol. The molecule has 7 heteroatoms. The highest BCUT2D eigenvalue weighted by Crippen LogP contribution is 2.12. The van der Waals surface area contributed by atoms with Gasteiger partial charge in [-0.15, -0.1) is 5.10 Å². The van der Waals surface area contributed by atoms with Gasteiger partial charge in [0.05, 0.1) is 18.0 Å². The normalized spacial score (nSPS) is 10.5. The van der Waals surface area contributed by atoms with Crippen LogP contribution >= 0.6 is 0 Å². The van der Waals surface area contributed by atoms with Crippen molar-refractivity contribution in [3.63, 3.8) is 0 Å². The highest BCUT2D eigenvalue weighted by atomic mass is 19.1. The van der Waals surface area contributed by atoms with Gasteiger partial charge in [-0.25, -0.2) is 9.07 Å². The van der Waals surface area contributed by atoms with Gasteiger partial charge in [0.15, 0.2) is 5.69 Å². The maximum atomic E-state index is 12.8. The van der Waals surface area contributed by atoms with Gasteiger partial charge in [0.2, 0.25) is 0 Å².